The van der Waals surface area contributed by atoms with E-state index in [1.165, 1.54) is 43.2 Å². The van der Waals surface area contributed by atoms with Crippen LogP contribution in [-0.4, -0.2) is 52.6 Å². The van der Waals surface area contributed by atoms with Gasteiger partial charge in [0.15, 0.2) is 0 Å². The van der Waals surface area contributed by atoms with E-state index in [4.69, 9.17) is 5.73 Å². The first-order valence-electron chi connectivity index (χ1n) is 5.95. The van der Waals surface area contributed by atoms with Crippen molar-refractivity contribution in [1.82, 2.24) is 4.90 Å². The summed E-state index contributed by atoms with van der Waals surface area (Å²) in [7, 11) is 0. The summed E-state index contributed by atoms with van der Waals surface area (Å²) in [6.45, 7) is 5.67. The minimum Gasteiger partial charge on any atom is -0.329 e. The second-order valence-corrected chi connectivity index (χ2v) is 7.09. The van der Waals surface area contributed by atoms with E-state index in [-0.39, 0.29) is 0 Å². The highest BCUT2D eigenvalue weighted by molar-refractivity contribution is 8.00. The van der Waals surface area contributed by atoms with Crippen molar-refractivity contribution in [1.29, 1.82) is 0 Å². The molecule has 2 fully saturated rings. The molecule has 0 bridgehead atoms. The first kappa shape index (κ1) is 12.1. The summed E-state index contributed by atoms with van der Waals surface area (Å²) in [4.78, 5) is 2.69. The van der Waals surface area contributed by atoms with Gasteiger partial charge in [-0.3, -0.25) is 4.90 Å². The molecule has 2 aliphatic heterocycles. The van der Waals surface area contributed by atoms with E-state index in [2.05, 4.69) is 35.3 Å². The molecular weight excluding hydrogens is 224 g/mol. The highest BCUT2D eigenvalue weighted by atomic mass is 32.2. The maximum absolute atomic E-state index is 6.02. The lowest BCUT2D eigenvalue weighted by Gasteiger charge is -2.44. The number of hydrogen-bond donors (Lipinski definition) is 1. The summed E-state index contributed by atoms with van der Waals surface area (Å²) < 4.78 is 0. The van der Waals surface area contributed by atoms with Crippen LogP contribution in [0.2, 0.25) is 0 Å². The quantitative estimate of drug-likeness (QED) is 0.820. The van der Waals surface area contributed by atoms with Crippen molar-refractivity contribution in [2.45, 2.75) is 30.6 Å². The lowest BCUT2D eigenvalue weighted by Crippen LogP contribution is -2.58. The van der Waals surface area contributed by atoms with Crippen molar-refractivity contribution >= 4 is 23.5 Å². The molecule has 0 aromatic heterocycles. The molecule has 0 aromatic rings. The number of hydrogen-bond acceptors (Lipinski definition) is 4. The first-order valence-corrected chi connectivity index (χ1v) is 8.15. The molecule has 2 rings (SSSR count). The van der Waals surface area contributed by atoms with Gasteiger partial charge in [0.2, 0.25) is 0 Å². The van der Waals surface area contributed by atoms with E-state index < -0.39 is 0 Å². The third-order valence-electron chi connectivity index (χ3n) is 3.73. The second-order valence-electron chi connectivity index (χ2n) is 4.58. The Kier molecular flexibility index (Phi) is 4.27. The molecule has 2 unspecified atom stereocenters. The smallest absolute Gasteiger partial charge is 0.0430 e. The number of nitrogens with zero attached hydrogens (tertiary/aromatic N) is 1. The van der Waals surface area contributed by atoms with Crippen molar-refractivity contribution < 1.29 is 0 Å². The molecular formula is C11H22N2S2. The largest absolute Gasteiger partial charge is 0.329 e. The van der Waals surface area contributed by atoms with Crippen molar-refractivity contribution in [2.75, 3.05) is 36.9 Å². The van der Waals surface area contributed by atoms with E-state index in [0.29, 0.717) is 5.54 Å². The van der Waals surface area contributed by atoms with Gasteiger partial charge >= 0.3 is 0 Å². The van der Waals surface area contributed by atoms with Crippen LogP contribution in [0.15, 0.2) is 0 Å². The summed E-state index contributed by atoms with van der Waals surface area (Å²) >= 11 is 4.23. The summed E-state index contributed by atoms with van der Waals surface area (Å²) in [5.74, 6) is 3.85. The number of nitrogens with two attached hydrogens (primary N) is 1. The summed E-state index contributed by atoms with van der Waals surface area (Å²) in [5, 5.41) is 0.841. The third-order valence-corrected chi connectivity index (χ3v) is 6.33. The van der Waals surface area contributed by atoms with Gasteiger partial charge in [-0.1, -0.05) is 6.92 Å². The van der Waals surface area contributed by atoms with Gasteiger partial charge in [-0.05, 0) is 18.6 Å². The van der Waals surface area contributed by atoms with E-state index in [1.807, 2.05) is 0 Å². The Morgan fingerprint density at radius 3 is 2.93 bits per heavy atom. The molecule has 0 aliphatic carbocycles. The topological polar surface area (TPSA) is 29.3 Å². The molecule has 2 nitrogen and oxygen atoms in total. The molecule has 15 heavy (non-hydrogen) atoms. The van der Waals surface area contributed by atoms with E-state index in [9.17, 15) is 0 Å². The zero-order valence-electron chi connectivity index (χ0n) is 9.58. The fraction of sp³-hybridized carbons (Fsp3) is 1.00. The van der Waals surface area contributed by atoms with Gasteiger partial charge in [-0.2, -0.15) is 23.5 Å². The molecule has 88 valence electrons. The summed E-state index contributed by atoms with van der Waals surface area (Å²) in [5.41, 5.74) is 6.37. The monoisotopic (exact) mass is 246 g/mol. The zero-order valence-corrected chi connectivity index (χ0v) is 11.2. The molecule has 2 saturated heterocycles. The summed E-state index contributed by atoms with van der Waals surface area (Å²) in [6, 6.07) is 0. The van der Waals surface area contributed by atoms with Gasteiger partial charge < -0.3 is 5.73 Å². The molecule has 2 aliphatic rings. The molecule has 2 N–H and O–H groups in total. The molecule has 2 heterocycles. The number of rotatable bonds is 3. The fourth-order valence-electron chi connectivity index (χ4n) is 2.53. The van der Waals surface area contributed by atoms with Crippen molar-refractivity contribution in [3.8, 4) is 0 Å². The molecule has 0 aromatic carbocycles. The molecule has 2 atom stereocenters. The van der Waals surface area contributed by atoms with Crippen LogP contribution in [0.25, 0.3) is 0 Å². The normalized spacial score (nSPS) is 38.4. The highest BCUT2D eigenvalue weighted by Gasteiger charge is 2.40. The Morgan fingerprint density at radius 2 is 2.33 bits per heavy atom. The van der Waals surface area contributed by atoms with Gasteiger partial charge in [-0.25, -0.2) is 0 Å². The molecule has 0 spiro atoms. The van der Waals surface area contributed by atoms with Crippen LogP contribution in [-0.2, 0) is 0 Å². The van der Waals surface area contributed by atoms with Crippen LogP contribution in [0.1, 0.15) is 19.8 Å². The maximum atomic E-state index is 6.02. The van der Waals surface area contributed by atoms with Crippen LogP contribution in [0.4, 0.5) is 0 Å². The van der Waals surface area contributed by atoms with Crippen LogP contribution >= 0.6 is 23.5 Å². The van der Waals surface area contributed by atoms with Crippen LogP contribution in [0.5, 0.6) is 0 Å². The first-order chi connectivity index (χ1) is 7.30. The summed E-state index contributed by atoms with van der Waals surface area (Å²) in [6.07, 6.45) is 2.60. The molecule has 0 amide bonds. The average Bonchev–Trinajstić information content (AvgIpc) is 2.79. The Morgan fingerprint density at radius 1 is 1.47 bits per heavy atom. The fourth-order valence-corrected chi connectivity index (χ4v) is 5.21. The molecule has 4 heteroatoms. The highest BCUT2D eigenvalue weighted by Crippen LogP contribution is 2.35. The Bertz CT molecular complexity index is 205. The van der Waals surface area contributed by atoms with Gasteiger partial charge in [0.05, 0.1) is 0 Å². The van der Waals surface area contributed by atoms with Crippen molar-refractivity contribution in [3.05, 3.63) is 0 Å². The molecule has 0 saturated carbocycles. The SMILES string of the molecule is CCC1CN(C2(CN)CCSC2)CCS1. The lowest BCUT2D eigenvalue weighted by atomic mass is 9.96. The van der Waals surface area contributed by atoms with Crippen molar-refractivity contribution in [2.24, 2.45) is 5.73 Å². The third kappa shape index (κ3) is 2.48. The van der Waals surface area contributed by atoms with Crippen LogP contribution in [0, 0.1) is 0 Å². The van der Waals surface area contributed by atoms with Gasteiger partial charge in [-0.15, -0.1) is 0 Å². The Hall–Kier alpha value is 0.620. The Balaban J connectivity index is 2.01. The predicted octanol–water partition coefficient (Wildman–Crippen LogP) is 1.65. The van der Waals surface area contributed by atoms with Crippen molar-refractivity contribution in [3.63, 3.8) is 0 Å². The second kappa shape index (κ2) is 5.30. The van der Waals surface area contributed by atoms with E-state index in [0.717, 1.165) is 11.8 Å². The minimum absolute atomic E-state index is 0.346. The van der Waals surface area contributed by atoms with E-state index in [1.54, 1.807) is 0 Å². The van der Waals surface area contributed by atoms with Crippen LogP contribution in [0.3, 0.4) is 0 Å². The standard InChI is InChI=1S/C11H22N2S2/c1-2-10-7-13(4-6-15-10)11(8-12)3-5-14-9-11/h10H,2-9,12H2,1H3. The molecule has 0 radical (unpaired) electrons. The van der Waals surface area contributed by atoms with Crippen LogP contribution < -0.4 is 5.73 Å². The maximum Gasteiger partial charge on any atom is 0.0430 e. The predicted molar refractivity (Wildman–Crippen MR) is 71.8 cm³/mol. The zero-order chi connectivity index (χ0) is 10.7. The lowest BCUT2D eigenvalue weighted by molar-refractivity contribution is 0.120. The van der Waals surface area contributed by atoms with Gasteiger partial charge in [0, 0.05) is 41.9 Å². The average molecular weight is 246 g/mol. The van der Waals surface area contributed by atoms with Gasteiger partial charge in [0.1, 0.15) is 0 Å². The van der Waals surface area contributed by atoms with E-state index >= 15 is 0 Å². The number of thioether (sulfide) groups is 2. The Labute approximate surface area is 102 Å². The minimum atomic E-state index is 0.346. The van der Waals surface area contributed by atoms with Gasteiger partial charge in [0.25, 0.3) is 0 Å².